The first-order valence-electron chi connectivity index (χ1n) is 3.86. The second-order valence-corrected chi connectivity index (χ2v) is 3.28. The van der Waals surface area contributed by atoms with Crippen LogP contribution in [0.15, 0.2) is 0 Å². The molecule has 0 saturated carbocycles. The molecule has 4 nitrogen and oxygen atoms in total. The predicted octanol–water partition coefficient (Wildman–Crippen LogP) is 1.07. The topological polar surface area (TPSA) is 49.8 Å². The molecule has 0 atom stereocenters. The Morgan fingerprint density at radius 1 is 1.67 bits per heavy atom. The zero-order chi connectivity index (χ0) is 9.40. The Kier molecular flexibility index (Phi) is 7.83. The van der Waals surface area contributed by atoms with Crippen LogP contribution in [-0.2, 0) is 9.53 Å². The molecular formula is C7H14INO3. The molecule has 0 aromatic carbocycles. The lowest BCUT2D eigenvalue weighted by atomic mass is 10.5. The Morgan fingerprint density at radius 3 is 2.83 bits per heavy atom. The van der Waals surface area contributed by atoms with Gasteiger partial charge in [0.15, 0.2) is 0 Å². The molecule has 72 valence electrons. The summed E-state index contributed by atoms with van der Waals surface area (Å²) in [5.41, 5.74) is 0. The van der Waals surface area contributed by atoms with Gasteiger partial charge in [0.25, 0.3) is 0 Å². The maximum Gasteiger partial charge on any atom is 0.306 e. The van der Waals surface area contributed by atoms with Gasteiger partial charge in [0.2, 0.25) is 0 Å². The number of likely N-dealkylation sites (N-methyl/N-ethyl adjacent to an activating group) is 1. The van der Waals surface area contributed by atoms with E-state index in [2.05, 4.69) is 22.6 Å². The molecule has 0 aliphatic heterocycles. The molecule has 0 radical (unpaired) electrons. The molecule has 0 aromatic rings. The molecule has 0 unspecified atom stereocenters. The van der Waals surface area contributed by atoms with Crippen molar-refractivity contribution >= 4 is 28.6 Å². The number of halogens is 1. The summed E-state index contributed by atoms with van der Waals surface area (Å²) in [5.74, 6) is -0.200. The van der Waals surface area contributed by atoms with Gasteiger partial charge in [-0.05, 0) is 0 Å². The maximum atomic E-state index is 10.8. The summed E-state index contributed by atoms with van der Waals surface area (Å²) < 4.78 is 5.58. The molecule has 0 spiro atoms. The van der Waals surface area contributed by atoms with Crippen molar-refractivity contribution in [2.24, 2.45) is 0 Å². The maximum absolute atomic E-state index is 10.8. The molecule has 0 aliphatic rings. The number of alkyl halides is 1. The van der Waals surface area contributed by atoms with Gasteiger partial charge >= 0.3 is 5.97 Å². The van der Waals surface area contributed by atoms with Crippen LogP contribution in [0, 0.1) is 0 Å². The molecule has 0 amide bonds. The number of hydroxylamine groups is 2. The Bertz CT molecular complexity index is 132. The van der Waals surface area contributed by atoms with Crippen molar-refractivity contribution < 1.29 is 14.7 Å². The molecule has 0 saturated heterocycles. The van der Waals surface area contributed by atoms with Crippen molar-refractivity contribution in [3.05, 3.63) is 0 Å². The normalized spacial score (nSPS) is 10.3. The van der Waals surface area contributed by atoms with E-state index in [1.54, 1.807) is 0 Å². The SMILES string of the molecule is CCN(O)CCOC(=O)CCI. The highest BCUT2D eigenvalue weighted by Gasteiger charge is 2.02. The van der Waals surface area contributed by atoms with Gasteiger partial charge in [-0.2, -0.15) is 5.06 Å². The first kappa shape index (κ1) is 12.1. The molecular weight excluding hydrogens is 273 g/mol. The lowest BCUT2D eigenvalue weighted by molar-refractivity contribution is -0.148. The number of carbonyl (C=O) groups excluding carboxylic acids is 1. The molecule has 0 aromatic heterocycles. The van der Waals surface area contributed by atoms with E-state index >= 15 is 0 Å². The first-order chi connectivity index (χ1) is 5.70. The van der Waals surface area contributed by atoms with E-state index in [9.17, 15) is 4.79 Å². The van der Waals surface area contributed by atoms with E-state index in [1.807, 2.05) is 6.92 Å². The van der Waals surface area contributed by atoms with Crippen molar-refractivity contribution in [2.75, 3.05) is 24.1 Å². The van der Waals surface area contributed by atoms with Crippen molar-refractivity contribution in [1.82, 2.24) is 5.06 Å². The minimum Gasteiger partial charge on any atom is -0.464 e. The fourth-order valence-corrected chi connectivity index (χ4v) is 1.01. The molecule has 0 bridgehead atoms. The molecule has 0 aliphatic carbocycles. The van der Waals surface area contributed by atoms with E-state index in [-0.39, 0.29) is 12.6 Å². The monoisotopic (exact) mass is 287 g/mol. The first-order valence-corrected chi connectivity index (χ1v) is 5.38. The fraction of sp³-hybridized carbons (Fsp3) is 0.857. The van der Waals surface area contributed by atoms with Crippen molar-refractivity contribution in [3.8, 4) is 0 Å². The Balaban J connectivity index is 3.24. The van der Waals surface area contributed by atoms with Gasteiger partial charge in [0.05, 0.1) is 13.0 Å². The minimum atomic E-state index is -0.200. The molecule has 0 rings (SSSR count). The number of hydrogen-bond acceptors (Lipinski definition) is 4. The van der Waals surface area contributed by atoms with Crippen LogP contribution < -0.4 is 0 Å². The summed E-state index contributed by atoms with van der Waals surface area (Å²) in [6.07, 6.45) is 0.443. The summed E-state index contributed by atoms with van der Waals surface area (Å²) in [6.45, 7) is 3.01. The fourth-order valence-electron chi connectivity index (χ4n) is 0.572. The number of hydrogen-bond donors (Lipinski definition) is 1. The number of carbonyl (C=O) groups is 1. The van der Waals surface area contributed by atoms with E-state index in [0.717, 1.165) is 9.49 Å². The lowest BCUT2D eigenvalue weighted by Crippen LogP contribution is -2.24. The minimum absolute atomic E-state index is 0.200. The van der Waals surface area contributed by atoms with Gasteiger partial charge in [-0.1, -0.05) is 29.5 Å². The van der Waals surface area contributed by atoms with Gasteiger partial charge in [0.1, 0.15) is 6.61 Å². The van der Waals surface area contributed by atoms with E-state index in [4.69, 9.17) is 9.94 Å². The molecule has 1 N–H and O–H groups in total. The Morgan fingerprint density at radius 2 is 2.33 bits per heavy atom. The highest BCUT2D eigenvalue weighted by molar-refractivity contribution is 14.1. The summed E-state index contributed by atoms with van der Waals surface area (Å²) in [4.78, 5) is 10.8. The predicted molar refractivity (Wildman–Crippen MR) is 53.5 cm³/mol. The molecule has 0 heterocycles. The summed E-state index contributed by atoms with van der Waals surface area (Å²) >= 11 is 2.11. The summed E-state index contributed by atoms with van der Waals surface area (Å²) in [5, 5.41) is 10.0. The van der Waals surface area contributed by atoms with Crippen LogP contribution in [0.5, 0.6) is 0 Å². The third-order valence-electron chi connectivity index (χ3n) is 1.28. The number of rotatable bonds is 6. The summed E-state index contributed by atoms with van der Waals surface area (Å²) in [7, 11) is 0. The average molecular weight is 287 g/mol. The number of ether oxygens (including phenoxy) is 1. The van der Waals surface area contributed by atoms with Gasteiger partial charge in [-0.15, -0.1) is 0 Å². The third kappa shape index (κ3) is 6.81. The van der Waals surface area contributed by atoms with Crippen LogP contribution in [0.4, 0.5) is 0 Å². The molecule has 12 heavy (non-hydrogen) atoms. The zero-order valence-corrected chi connectivity index (χ0v) is 9.28. The van der Waals surface area contributed by atoms with Gasteiger partial charge < -0.3 is 9.94 Å². The average Bonchev–Trinajstić information content (AvgIpc) is 2.04. The lowest BCUT2D eigenvalue weighted by Gasteiger charge is -2.11. The zero-order valence-electron chi connectivity index (χ0n) is 7.12. The van der Waals surface area contributed by atoms with E-state index in [1.165, 1.54) is 0 Å². The van der Waals surface area contributed by atoms with Crippen LogP contribution >= 0.6 is 22.6 Å². The molecule has 0 fully saturated rings. The molecule has 5 heteroatoms. The van der Waals surface area contributed by atoms with Crippen LogP contribution in [0.25, 0.3) is 0 Å². The highest BCUT2D eigenvalue weighted by atomic mass is 127. The second-order valence-electron chi connectivity index (χ2n) is 2.21. The van der Waals surface area contributed by atoms with Crippen molar-refractivity contribution in [3.63, 3.8) is 0 Å². The standard InChI is InChI=1S/C7H14INO3/c1-2-9(11)5-6-12-7(10)3-4-8/h11H,2-6H2,1H3. The number of nitrogens with zero attached hydrogens (tertiary/aromatic N) is 1. The summed E-state index contributed by atoms with van der Waals surface area (Å²) in [6, 6.07) is 0. The van der Waals surface area contributed by atoms with Gasteiger partial charge in [-0.25, -0.2) is 0 Å². The third-order valence-corrected chi connectivity index (χ3v) is 1.82. The Hall–Kier alpha value is 0.120. The second kappa shape index (κ2) is 7.75. The largest absolute Gasteiger partial charge is 0.464 e. The van der Waals surface area contributed by atoms with Gasteiger partial charge in [-0.3, -0.25) is 4.79 Å². The van der Waals surface area contributed by atoms with Crippen LogP contribution in [0.1, 0.15) is 13.3 Å². The quantitative estimate of drug-likeness (QED) is 0.343. The van der Waals surface area contributed by atoms with Gasteiger partial charge in [0, 0.05) is 11.0 Å². The van der Waals surface area contributed by atoms with Crippen LogP contribution in [0.2, 0.25) is 0 Å². The van der Waals surface area contributed by atoms with Crippen molar-refractivity contribution in [2.45, 2.75) is 13.3 Å². The van der Waals surface area contributed by atoms with Crippen LogP contribution in [0.3, 0.4) is 0 Å². The number of esters is 1. The van der Waals surface area contributed by atoms with E-state index in [0.29, 0.717) is 19.5 Å². The van der Waals surface area contributed by atoms with Crippen LogP contribution in [-0.4, -0.2) is 40.4 Å². The Labute approximate surface area is 86.0 Å². The smallest absolute Gasteiger partial charge is 0.306 e. The highest BCUT2D eigenvalue weighted by Crippen LogP contribution is 1.92. The van der Waals surface area contributed by atoms with Crippen molar-refractivity contribution in [1.29, 1.82) is 0 Å². The van der Waals surface area contributed by atoms with E-state index < -0.39 is 0 Å².